The monoisotopic (exact) mass is 248 g/mol. The smallest absolute Gasteiger partial charge is 0.284 e. The zero-order chi connectivity index (χ0) is 12.3. The summed E-state index contributed by atoms with van der Waals surface area (Å²) in [6.45, 7) is 4.41. The Bertz CT molecular complexity index is 515. The standard InChI is InChI=1S/C13H16N2OS/c1-9(2)11(10-6-4-3-5-7-10)8-12-14-15-13(17)16-12/h3-7,9,11H,8H2,1-2H3,(H,15,17). The molecule has 2 aromatic rings. The SMILES string of the molecule is CC(C)C(Cc1n[nH]c(=S)o1)c1ccccc1. The van der Waals surface area contributed by atoms with Crippen LogP contribution in [0.25, 0.3) is 0 Å². The Labute approximate surface area is 106 Å². The van der Waals surface area contributed by atoms with Gasteiger partial charge in [-0.2, -0.15) is 0 Å². The zero-order valence-electron chi connectivity index (χ0n) is 10.0. The summed E-state index contributed by atoms with van der Waals surface area (Å²) >= 11 is 4.88. The van der Waals surface area contributed by atoms with Crippen molar-refractivity contribution in [2.75, 3.05) is 0 Å². The number of hydrogen-bond acceptors (Lipinski definition) is 3. The topological polar surface area (TPSA) is 41.8 Å². The van der Waals surface area contributed by atoms with Crippen LogP contribution in [-0.2, 0) is 6.42 Å². The zero-order valence-corrected chi connectivity index (χ0v) is 10.8. The Kier molecular flexibility index (Phi) is 3.74. The van der Waals surface area contributed by atoms with E-state index in [1.165, 1.54) is 5.56 Å². The number of rotatable bonds is 4. The molecule has 0 bridgehead atoms. The molecule has 0 radical (unpaired) electrons. The Morgan fingerprint density at radius 2 is 2.00 bits per heavy atom. The fraction of sp³-hybridized carbons (Fsp3) is 0.385. The highest BCUT2D eigenvalue weighted by atomic mass is 32.1. The van der Waals surface area contributed by atoms with Crippen LogP contribution < -0.4 is 0 Å². The average molecular weight is 248 g/mol. The van der Waals surface area contributed by atoms with E-state index in [9.17, 15) is 0 Å². The molecule has 3 nitrogen and oxygen atoms in total. The molecule has 1 N–H and O–H groups in total. The molecule has 0 spiro atoms. The van der Waals surface area contributed by atoms with Crippen LogP contribution in [0.4, 0.5) is 0 Å². The molecule has 90 valence electrons. The van der Waals surface area contributed by atoms with Gasteiger partial charge in [-0.1, -0.05) is 44.2 Å². The van der Waals surface area contributed by atoms with Gasteiger partial charge in [-0.3, -0.25) is 0 Å². The van der Waals surface area contributed by atoms with Crippen LogP contribution in [0.15, 0.2) is 34.7 Å². The summed E-state index contributed by atoms with van der Waals surface area (Å²) in [6, 6.07) is 10.4. The van der Waals surface area contributed by atoms with E-state index < -0.39 is 0 Å². The highest BCUT2D eigenvalue weighted by molar-refractivity contribution is 7.71. The van der Waals surface area contributed by atoms with Crippen molar-refractivity contribution in [3.8, 4) is 0 Å². The summed E-state index contributed by atoms with van der Waals surface area (Å²) in [7, 11) is 0. The van der Waals surface area contributed by atoms with E-state index in [4.69, 9.17) is 16.6 Å². The van der Waals surface area contributed by atoms with E-state index in [1.54, 1.807) is 0 Å². The van der Waals surface area contributed by atoms with Crippen molar-refractivity contribution >= 4 is 12.2 Å². The fourth-order valence-electron chi connectivity index (χ4n) is 1.97. The summed E-state index contributed by atoms with van der Waals surface area (Å²) in [5, 5.41) is 6.73. The average Bonchev–Trinajstić information content (AvgIpc) is 2.73. The molecule has 4 heteroatoms. The van der Waals surface area contributed by atoms with Crippen molar-refractivity contribution < 1.29 is 4.42 Å². The molecule has 1 aromatic heterocycles. The molecule has 1 unspecified atom stereocenters. The molecule has 0 aliphatic carbocycles. The van der Waals surface area contributed by atoms with Gasteiger partial charge in [0.2, 0.25) is 5.89 Å². The van der Waals surface area contributed by atoms with Crippen molar-refractivity contribution in [1.82, 2.24) is 10.2 Å². The summed E-state index contributed by atoms with van der Waals surface area (Å²) in [5.41, 5.74) is 1.31. The Hall–Kier alpha value is -1.42. The molecule has 1 heterocycles. The number of H-pyrrole nitrogens is 1. The van der Waals surface area contributed by atoms with Gasteiger partial charge in [0.15, 0.2) is 0 Å². The molecule has 2 rings (SSSR count). The van der Waals surface area contributed by atoms with E-state index in [2.05, 4.69) is 48.3 Å². The van der Waals surface area contributed by atoms with E-state index in [0.717, 1.165) is 6.42 Å². The maximum atomic E-state index is 5.33. The van der Waals surface area contributed by atoms with Gasteiger partial charge in [0.1, 0.15) is 0 Å². The summed E-state index contributed by atoms with van der Waals surface area (Å²) in [6.07, 6.45) is 0.773. The number of benzene rings is 1. The van der Waals surface area contributed by atoms with Crippen molar-refractivity contribution in [3.05, 3.63) is 46.6 Å². The second-order valence-corrected chi connectivity index (χ2v) is 4.84. The lowest BCUT2D eigenvalue weighted by atomic mass is 9.86. The lowest BCUT2D eigenvalue weighted by Gasteiger charge is -2.19. The largest absolute Gasteiger partial charge is 0.414 e. The van der Waals surface area contributed by atoms with Crippen LogP contribution in [0, 0.1) is 10.8 Å². The van der Waals surface area contributed by atoms with Gasteiger partial charge in [-0.05, 0) is 29.6 Å². The van der Waals surface area contributed by atoms with Crippen LogP contribution in [0.3, 0.4) is 0 Å². The Morgan fingerprint density at radius 1 is 1.29 bits per heavy atom. The maximum absolute atomic E-state index is 5.33. The van der Waals surface area contributed by atoms with Gasteiger partial charge in [0, 0.05) is 6.42 Å². The van der Waals surface area contributed by atoms with Crippen molar-refractivity contribution in [3.63, 3.8) is 0 Å². The van der Waals surface area contributed by atoms with E-state index >= 15 is 0 Å². The molecule has 0 amide bonds. The lowest BCUT2D eigenvalue weighted by Crippen LogP contribution is -2.10. The Balaban J connectivity index is 2.22. The molecule has 1 aromatic carbocycles. The number of aromatic amines is 1. The predicted octanol–water partition coefficient (Wildman–Crippen LogP) is 3.71. The highest BCUT2D eigenvalue weighted by Crippen LogP contribution is 2.27. The third-order valence-electron chi connectivity index (χ3n) is 2.91. The van der Waals surface area contributed by atoms with Gasteiger partial charge in [0.05, 0.1) is 0 Å². The summed E-state index contributed by atoms with van der Waals surface area (Å²) in [5.74, 6) is 1.60. The first-order valence-corrected chi connectivity index (χ1v) is 6.17. The van der Waals surface area contributed by atoms with E-state index in [1.807, 2.05) is 6.07 Å². The minimum atomic E-state index is 0.343. The molecular formula is C13H16N2OS. The molecule has 0 saturated carbocycles. The first-order valence-electron chi connectivity index (χ1n) is 5.76. The quantitative estimate of drug-likeness (QED) is 0.838. The summed E-state index contributed by atoms with van der Waals surface area (Å²) < 4.78 is 5.33. The lowest BCUT2D eigenvalue weighted by molar-refractivity contribution is 0.416. The van der Waals surface area contributed by atoms with Crippen molar-refractivity contribution in [1.29, 1.82) is 0 Å². The molecule has 0 aliphatic heterocycles. The van der Waals surface area contributed by atoms with Crippen LogP contribution in [0.2, 0.25) is 0 Å². The van der Waals surface area contributed by atoms with Gasteiger partial charge in [0.25, 0.3) is 4.84 Å². The van der Waals surface area contributed by atoms with Crippen LogP contribution in [-0.4, -0.2) is 10.2 Å². The van der Waals surface area contributed by atoms with Crippen LogP contribution in [0.1, 0.15) is 31.2 Å². The molecule has 0 aliphatic rings. The summed E-state index contributed by atoms with van der Waals surface area (Å²) in [4.78, 5) is 0.343. The predicted molar refractivity (Wildman–Crippen MR) is 69.4 cm³/mol. The first kappa shape index (κ1) is 12.0. The van der Waals surface area contributed by atoms with Gasteiger partial charge < -0.3 is 4.42 Å². The number of hydrogen-bond donors (Lipinski definition) is 1. The number of nitrogens with one attached hydrogen (secondary N) is 1. The van der Waals surface area contributed by atoms with Crippen molar-refractivity contribution in [2.24, 2.45) is 5.92 Å². The minimum absolute atomic E-state index is 0.343. The molecule has 1 atom stereocenters. The molecule has 17 heavy (non-hydrogen) atoms. The normalized spacial score (nSPS) is 12.9. The van der Waals surface area contributed by atoms with E-state index in [0.29, 0.717) is 22.6 Å². The molecule has 0 saturated heterocycles. The maximum Gasteiger partial charge on any atom is 0.284 e. The third kappa shape index (κ3) is 3.03. The van der Waals surface area contributed by atoms with Crippen LogP contribution in [0.5, 0.6) is 0 Å². The first-order chi connectivity index (χ1) is 8.16. The minimum Gasteiger partial charge on any atom is -0.414 e. The van der Waals surface area contributed by atoms with Gasteiger partial charge >= 0.3 is 0 Å². The van der Waals surface area contributed by atoms with Gasteiger partial charge in [-0.15, -0.1) is 5.10 Å². The molecular weight excluding hydrogens is 232 g/mol. The van der Waals surface area contributed by atoms with Crippen LogP contribution >= 0.6 is 12.2 Å². The highest BCUT2D eigenvalue weighted by Gasteiger charge is 2.18. The number of aromatic nitrogens is 2. The molecule has 0 fully saturated rings. The van der Waals surface area contributed by atoms with Crippen molar-refractivity contribution in [2.45, 2.75) is 26.2 Å². The second-order valence-electron chi connectivity index (χ2n) is 4.47. The fourth-order valence-corrected chi connectivity index (χ4v) is 2.12. The van der Waals surface area contributed by atoms with Gasteiger partial charge in [-0.25, -0.2) is 5.10 Å². The third-order valence-corrected chi connectivity index (χ3v) is 3.08. The number of nitrogens with zero attached hydrogens (tertiary/aromatic N) is 1. The van der Waals surface area contributed by atoms with E-state index in [-0.39, 0.29) is 0 Å². The Morgan fingerprint density at radius 3 is 2.53 bits per heavy atom. The second kappa shape index (κ2) is 5.27.